The van der Waals surface area contributed by atoms with Gasteiger partial charge in [-0.25, -0.2) is 0 Å². The van der Waals surface area contributed by atoms with E-state index in [-0.39, 0.29) is 0 Å². The first-order valence-electron chi connectivity index (χ1n) is 5.94. The van der Waals surface area contributed by atoms with Crippen molar-refractivity contribution in [2.45, 2.75) is 27.7 Å². The Bertz CT molecular complexity index is 511. The van der Waals surface area contributed by atoms with Crippen LogP contribution >= 0.6 is 45.2 Å². The third kappa shape index (κ3) is 2.74. The molecule has 0 amide bonds. The molecule has 2 aromatic rings. The molecular formula is C16H16I2. The molecule has 0 heterocycles. The fourth-order valence-electron chi connectivity index (χ4n) is 2.46. The van der Waals surface area contributed by atoms with E-state index in [0.717, 1.165) is 0 Å². The standard InChI is InChI=1S/C16H16I2/c1-9-5-11(3)15(13(17)7-9)16-12(4)6-10(2)8-14(16)18/h5-8H,1-4H3. The van der Waals surface area contributed by atoms with Gasteiger partial charge in [0.2, 0.25) is 0 Å². The molecule has 0 nitrogen and oxygen atoms in total. The van der Waals surface area contributed by atoms with E-state index in [9.17, 15) is 0 Å². The lowest BCUT2D eigenvalue weighted by Gasteiger charge is -2.15. The largest absolute Gasteiger partial charge is 0.0557 e. The zero-order valence-corrected chi connectivity index (χ0v) is 15.4. The Morgan fingerprint density at radius 1 is 0.611 bits per heavy atom. The number of hydrogen-bond acceptors (Lipinski definition) is 0. The lowest BCUT2D eigenvalue weighted by atomic mass is 9.94. The Kier molecular flexibility index (Phi) is 4.36. The van der Waals surface area contributed by atoms with E-state index in [1.807, 2.05) is 0 Å². The van der Waals surface area contributed by atoms with Crippen LogP contribution in [0.1, 0.15) is 22.3 Å². The van der Waals surface area contributed by atoms with Gasteiger partial charge in [-0.2, -0.15) is 0 Å². The third-order valence-electron chi connectivity index (χ3n) is 3.11. The maximum atomic E-state index is 2.45. The molecule has 0 radical (unpaired) electrons. The van der Waals surface area contributed by atoms with Crippen LogP contribution in [0.2, 0.25) is 0 Å². The van der Waals surface area contributed by atoms with Crippen LogP contribution in [0.5, 0.6) is 0 Å². The van der Waals surface area contributed by atoms with E-state index in [2.05, 4.69) is 97.1 Å². The molecule has 0 unspecified atom stereocenters. The van der Waals surface area contributed by atoms with Crippen molar-refractivity contribution in [3.8, 4) is 11.1 Å². The smallest absolute Gasteiger partial charge is 0.0214 e. The highest BCUT2D eigenvalue weighted by molar-refractivity contribution is 14.1. The van der Waals surface area contributed by atoms with Crippen LogP contribution in [-0.4, -0.2) is 0 Å². The summed E-state index contributed by atoms with van der Waals surface area (Å²) in [6.45, 7) is 8.73. The first-order valence-corrected chi connectivity index (χ1v) is 8.09. The van der Waals surface area contributed by atoms with Crippen molar-refractivity contribution in [1.29, 1.82) is 0 Å². The number of rotatable bonds is 1. The second kappa shape index (κ2) is 5.49. The summed E-state index contributed by atoms with van der Waals surface area (Å²) in [7, 11) is 0. The summed E-state index contributed by atoms with van der Waals surface area (Å²) in [4.78, 5) is 0. The van der Waals surface area contributed by atoms with Gasteiger partial charge >= 0.3 is 0 Å². The minimum Gasteiger partial charge on any atom is -0.0557 e. The summed E-state index contributed by atoms with van der Waals surface area (Å²) in [5, 5.41) is 0. The summed E-state index contributed by atoms with van der Waals surface area (Å²) in [6, 6.07) is 9.07. The van der Waals surface area contributed by atoms with Gasteiger partial charge in [-0.05, 0) is 118 Å². The van der Waals surface area contributed by atoms with Gasteiger partial charge in [0, 0.05) is 7.14 Å². The minimum atomic E-state index is 1.33. The van der Waals surface area contributed by atoms with Crippen LogP contribution in [0.4, 0.5) is 0 Å². The van der Waals surface area contributed by atoms with Crippen molar-refractivity contribution >= 4 is 45.2 Å². The quantitative estimate of drug-likeness (QED) is 0.471. The van der Waals surface area contributed by atoms with E-state index in [4.69, 9.17) is 0 Å². The molecule has 0 fully saturated rings. The Morgan fingerprint density at radius 2 is 0.944 bits per heavy atom. The fraction of sp³-hybridized carbons (Fsp3) is 0.250. The van der Waals surface area contributed by atoms with Crippen molar-refractivity contribution < 1.29 is 0 Å². The Morgan fingerprint density at radius 3 is 1.22 bits per heavy atom. The molecule has 0 atom stereocenters. The molecule has 0 aromatic heterocycles. The highest BCUT2D eigenvalue weighted by atomic mass is 127. The van der Waals surface area contributed by atoms with Gasteiger partial charge in [0.05, 0.1) is 0 Å². The topological polar surface area (TPSA) is 0 Å². The molecule has 0 saturated heterocycles. The predicted molar refractivity (Wildman–Crippen MR) is 96.3 cm³/mol. The molecule has 0 bridgehead atoms. The lowest BCUT2D eigenvalue weighted by Crippen LogP contribution is -1.96. The third-order valence-corrected chi connectivity index (χ3v) is 4.82. The molecule has 2 heteroatoms. The highest BCUT2D eigenvalue weighted by Gasteiger charge is 2.13. The molecule has 0 N–H and O–H groups in total. The zero-order valence-electron chi connectivity index (χ0n) is 11.1. The molecule has 0 aliphatic rings. The molecule has 18 heavy (non-hydrogen) atoms. The summed E-state index contributed by atoms with van der Waals surface area (Å²) < 4.78 is 2.69. The molecule has 0 aliphatic carbocycles. The summed E-state index contributed by atoms with van der Waals surface area (Å²) in [6.07, 6.45) is 0. The summed E-state index contributed by atoms with van der Waals surface area (Å²) in [5.74, 6) is 0. The van der Waals surface area contributed by atoms with Gasteiger partial charge in [0.1, 0.15) is 0 Å². The van der Waals surface area contributed by atoms with Crippen LogP contribution in [0.3, 0.4) is 0 Å². The summed E-state index contributed by atoms with van der Waals surface area (Å²) in [5.41, 5.74) is 8.18. The van der Waals surface area contributed by atoms with Gasteiger partial charge in [0.25, 0.3) is 0 Å². The van der Waals surface area contributed by atoms with Gasteiger partial charge in [-0.3, -0.25) is 0 Å². The van der Waals surface area contributed by atoms with Crippen molar-refractivity contribution in [3.63, 3.8) is 0 Å². The Balaban J connectivity index is 2.78. The van der Waals surface area contributed by atoms with Crippen molar-refractivity contribution in [1.82, 2.24) is 0 Å². The van der Waals surface area contributed by atoms with Crippen LogP contribution in [-0.2, 0) is 0 Å². The summed E-state index contributed by atoms with van der Waals surface area (Å²) >= 11 is 4.91. The minimum absolute atomic E-state index is 1.33. The first-order chi connectivity index (χ1) is 8.40. The molecule has 2 rings (SSSR count). The second-order valence-corrected chi connectivity index (χ2v) is 7.20. The highest BCUT2D eigenvalue weighted by Crippen LogP contribution is 2.35. The van der Waals surface area contributed by atoms with E-state index in [1.54, 1.807) is 0 Å². The van der Waals surface area contributed by atoms with Crippen LogP contribution in [0.25, 0.3) is 11.1 Å². The Hall–Kier alpha value is -0.1000. The van der Waals surface area contributed by atoms with E-state index in [1.165, 1.54) is 40.5 Å². The maximum absolute atomic E-state index is 2.45. The Labute approximate surface area is 136 Å². The molecule has 0 saturated carbocycles. The van der Waals surface area contributed by atoms with Gasteiger partial charge in [0.15, 0.2) is 0 Å². The van der Waals surface area contributed by atoms with Gasteiger partial charge in [-0.1, -0.05) is 12.1 Å². The van der Waals surface area contributed by atoms with Gasteiger partial charge < -0.3 is 0 Å². The zero-order chi connectivity index (χ0) is 13.4. The monoisotopic (exact) mass is 462 g/mol. The lowest BCUT2D eigenvalue weighted by molar-refractivity contribution is 1.32. The average Bonchev–Trinajstić information content (AvgIpc) is 2.20. The molecular weight excluding hydrogens is 446 g/mol. The second-order valence-electron chi connectivity index (χ2n) is 4.88. The maximum Gasteiger partial charge on any atom is 0.0214 e. The first kappa shape index (κ1) is 14.3. The molecule has 0 aliphatic heterocycles. The van der Waals surface area contributed by atoms with E-state index < -0.39 is 0 Å². The number of hydrogen-bond donors (Lipinski definition) is 0. The predicted octanol–water partition coefficient (Wildman–Crippen LogP) is 5.80. The molecule has 2 aromatic carbocycles. The van der Waals surface area contributed by atoms with Gasteiger partial charge in [-0.15, -0.1) is 0 Å². The number of benzene rings is 2. The van der Waals surface area contributed by atoms with Crippen molar-refractivity contribution in [2.24, 2.45) is 0 Å². The van der Waals surface area contributed by atoms with E-state index in [0.29, 0.717) is 0 Å². The fourth-order valence-corrected chi connectivity index (χ4v) is 4.84. The number of halogens is 2. The molecule has 0 spiro atoms. The SMILES string of the molecule is Cc1cc(C)c(-c2c(C)cc(C)cc2I)c(I)c1. The van der Waals surface area contributed by atoms with Crippen LogP contribution in [0, 0.1) is 34.8 Å². The van der Waals surface area contributed by atoms with Crippen LogP contribution < -0.4 is 0 Å². The van der Waals surface area contributed by atoms with E-state index >= 15 is 0 Å². The molecule has 94 valence electrons. The van der Waals surface area contributed by atoms with Crippen molar-refractivity contribution in [2.75, 3.05) is 0 Å². The van der Waals surface area contributed by atoms with Crippen molar-refractivity contribution in [3.05, 3.63) is 53.7 Å². The van der Waals surface area contributed by atoms with Crippen LogP contribution in [0.15, 0.2) is 24.3 Å². The normalized spacial score (nSPS) is 10.8. The average molecular weight is 462 g/mol. The number of aryl methyl sites for hydroxylation is 4.